The molecular formula is C14H12ClN5O. The van der Waals surface area contributed by atoms with E-state index in [9.17, 15) is 0 Å². The number of hydrogen-bond acceptors (Lipinski definition) is 6. The van der Waals surface area contributed by atoms with E-state index in [1.54, 1.807) is 24.3 Å². The average molecular weight is 302 g/mol. The van der Waals surface area contributed by atoms with E-state index in [-0.39, 0.29) is 11.3 Å². The van der Waals surface area contributed by atoms with Crippen LogP contribution in [0, 0.1) is 11.3 Å². The summed E-state index contributed by atoms with van der Waals surface area (Å²) in [4.78, 5) is 14.4. The van der Waals surface area contributed by atoms with Gasteiger partial charge >= 0.3 is 6.01 Å². The number of benzene rings is 1. The van der Waals surface area contributed by atoms with Crippen molar-refractivity contribution in [3.63, 3.8) is 0 Å². The number of halogens is 1. The lowest BCUT2D eigenvalue weighted by Crippen LogP contribution is -2.21. The molecule has 0 atom stereocenters. The number of ether oxygens (including phenoxy) is 1. The lowest BCUT2D eigenvalue weighted by atomic mass is 10.2. The highest BCUT2D eigenvalue weighted by Crippen LogP contribution is 2.23. The van der Waals surface area contributed by atoms with Crippen molar-refractivity contribution in [1.29, 1.82) is 5.26 Å². The van der Waals surface area contributed by atoms with E-state index in [4.69, 9.17) is 21.6 Å². The van der Waals surface area contributed by atoms with Crippen LogP contribution in [0.25, 0.3) is 0 Å². The van der Waals surface area contributed by atoms with E-state index in [0.29, 0.717) is 17.3 Å². The van der Waals surface area contributed by atoms with Crippen molar-refractivity contribution >= 4 is 17.5 Å². The molecule has 1 fully saturated rings. The van der Waals surface area contributed by atoms with Crippen LogP contribution in [0.4, 0.5) is 5.95 Å². The molecule has 3 rings (SSSR count). The molecule has 0 aliphatic carbocycles. The van der Waals surface area contributed by atoms with Gasteiger partial charge in [0.1, 0.15) is 5.75 Å². The number of nitriles is 1. The van der Waals surface area contributed by atoms with Crippen LogP contribution in [0.5, 0.6) is 11.8 Å². The first-order valence-corrected chi connectivity index (χ1v) is 6.97. The van der Waals surface area contributed by atoms with Crippen LogP contribution in [0.1, 0.15) is 18.4 Å². The van der Waals surface area contributed by atoms with E-state index in [2.05, 4.69) is 19.9 Å². The van der Waals surface area contributed by atoms with Gasteiger partial charge in [0.2, 0.25) is 11.2 Å². The summed E-state index contributed by atoms with van der Waals surface area (Å²) in [5, 5.41) is 8.87. The zero-order chi connectivity index (χ0) is 14.7. The highest BCUT2D eigenvalue weighted by molar-refractivity contribution is 6.28. The van der Waals surface area contributed by atoms with Crippen molar-refractivity contribution in [2.24, 2.45) is 0 Å². The molecule has 0 saturated carbocycles. The van der Waals surface area contributed by atoms with Crippen molar-refractivity contribution in [1.82, 2.24) is 15.0 Å². The van der Waals surface area contributed by atoms with Gasteiger partial charge < -0.3 is 9.64 Å². The lowest BCUT2D eigenvalue weighted by molar-refractivity contribution is 0.439. The summed E-state index contributed by atoms with van der Waals surface area (Å²) in [6.07, 6.45) is 2.24. The van der Waals surface area contributed by atoms with Crippen LogP contribution in [0.15, 0.2) is 24.3 Å². The first kappa shape index (κ1) is 13.6. The van der Waals surface area contributed by atoms with Crippen molar-refractivity contribution in [3.05, 3.63) is 35.1 Å². The Balaban J connectivity index is 1.82. The van der Waals surface area contributed by atoms with Crippen LogP contribution in [-0.2, 0) is 0 Å². The molecule has 6 nitrogen and oxygen atoms in total. The molecule has 0 unspecified atom stereocenters. The summed E-state index contributed by atoms with van der Waals surface area (Å²) in [7, 11) is 0. The van der Waals surface area contributed by atoms with Crippen molar-refractivity contribution in [2.45, 2.75) is 12.8 Å². The first-order valence-electron chi connectivity index (χ1n) is 6.59. The third kappa shape index (κ3) is 3.20. The molecule has 1 aromatic heterocycles. The standard InChI is InChI=1S/C14H12ClN5O/c15-12-17-13(20-7-1-2-8-20)19-14(18-12)21-11-5-3-10(9-16)4-6-11/h3-6H,1-2,7-8H2. The molecule has 0 N–H and O–H groups in total. The fraction of sp³-hybridized carbons (Fsp3) is 0.286. The van der Waals surface area contributed by atoms with Crippen LogP contribution >= 0.6 is 11.6 Å². The summed E-state index contributed by atoms with van der Waals surface area (Å²) in [5.74, 6) is 1.08. The van der Waals surface area contributed by atoms with Crippen LogP contribution in [-0.4, -0.2) is 28.0 Å². The Labute approximate surface area is 127 Å². The van der Waals surface area contributed by atoms with Gasteiger partial charge in [0.05, 0.1) is 11.6 Å². The number of hydrogen-bond donors (Lipinski definition) is 0. The highest BCUT2D eigenvalue weighted by Gasteiger charge is 2.17. The third-order valence-electron chi connectivity index (χ3n) is 3.16. The van der Waals surface area contributed by atoms with Gasteiger partial charge in [0, 0.05) is 13.1 Å². The molecule has 0 radical (unpaired) electrons. The second-order valence-electron chi connectivity index (χ2n) is 4.62. The largest absolute Gasteiger partial charge is 0.424 e. The Morgan fingerprint density at radius 2 is 1.81 bits per heavy atom. The Morgan fingerprint density at radius 1 is 1.10 bits per heavy atom. The average Bonchev–Trinajstić information content (AvgIpc) is 3.02. The minimum Gasteiger partial charge on any atom is -0.424 e. The number of nitrogens with zero attached hydrogens (tertiary/aromatic N) is 5. The van der Waals surface area contributed by atoms with Crippen molar-refractivity contribution in [3.8, 4) is 17.8 Å². The molecule has 106 valence electrons. The summed E-state index contributed by atoms with van der Waals surface area (Å²) in [5.41, 5.74) is 0.564. The van der Waals surface area contributed by atoms with Gasteiger partial charge in [0.15, 0.2) is 0 Å². The third-order valence-corrected chi connectivity index (χ3v) is 3.33. The van der Waals surface area contributed by atoms with Gasteiger partial charge in [0.25, 0.3) is 0 Å². The quantitative estimate of drug-likeness (QED) is 0.867. The zero-order valence-electron chi connectivity index (χ0n) is 11.2. The topological polar surface area (TPSA) is 74.9 Å². The van der Waals surface area contributed by atoms with E-state index < -0.39 is 0 Å². The Kier molecular flexibility index (Phi) is 3.84. The smallest absolute Gasteiger partial charge is 0.328 e. The van der Waals surface area contributed by atoms with E-state index in [1.807, 2.05) is 6.07 Å². The summed E-state index contributed by atoms with van der Waals surface area (Å²) < 4.78 is 5.58. The molecule has 1 aromatic carbocycles. The van der Waals surface area contributed by atoms with Gasteiger partial charge in [-0.1, -0.05) is 0 Å². The lowest BCUT2D eigenvalue weighted by Gasteiger charge is -2.15. The Bertz CT molecular complexity index is 677. The van der Waals surface area contributed by atoms with Crippen LogP contribution < -0.4 is 9.64 Å². The predicted molar refractivity (Wildman–Crippen MR) is 77.5 cm³/mol. The molecule has 1 aliphatic heterocycles. The molecule has 0 bridgehead atoms. The summed E-state index contributed by atoms with van der Waals surface area (Å²) >= 11 is 5.93. The molecule has 0 spiro atoms. The van der Waals surface area contributed by atoms with Crippen molar-refractivity contribution in [2.75, 3.05) is 18.0 Å². The second-order valence-corrected chi connectivity index (χ2v) is 4.96. The fourth-order valence-electron chi connectivity index (χ4n) is 2.13. The number of aromatic nitrogens is 3. The normalized spacial score (nSPS) is 14.0. The number of rotatable bonds is 3. The molecule has 1 aliphatic rings. The number of anilines is 1. The van der Waals surface area contributed by atoms with Gasteiger partial charge in [-0.15, -0.1) is 0 Å². The Hall–Kier alpha value is -2.39. The van der Waals surface area contributed by atoms with Gasteiger partial charge in [-0.2, -0.15) is 20.2 Å². The molecule has 2 aromatic rings. The molecule has 1 saturated heterocycles. The van der Waals surface area contributed by atoms with Gasteiger partial charge in [-0.25, -0.2) is 0 Å². The van der Waals surface area contributed by atoms with E-state index in [1.165, 1.54) is 0 Å². The maximum absolute atomic E-state index is 8.77. The van der Waals surface area contributed by atoms with Gasteiger partial charge in [-0.05, 0) is 48.7 Å². The minimum atomic E-state index is 0.107. The summed E-state index contributed by atoms with van der Waals surface area (Å²) in [6, 6.07) is 8.91. The van der Waals surface area contributed by atoms with Crippen molar-refractivity contribution < 1.29 is 4.74 Å². The van der Waals surface area contributed by atoms with Gasteiger partial charge in [-0.3, -0.25) is 0 Å². The zero-order valence-corrected chi connectivity index (χ0v) is 11.9. The molecule has 0 amide bonds. The maximum atomic E-state index is 8.77. The van der Waals surface area contributed by atoms with Crippen LogP contribution in [0.2, 0.25) is 5.28 Å². The molecule has 7 heteroatoms. The van der Waals surface area contributed by atoms with E-state index >= 15 is 0 Å². The monoisotopic (exact) mass is 301 g/mol. The minimum absolute atomic E-state index is 0.107. The fourth-order valence-corrected chi connectivity index (χ4v) is 2.28. The SMILES string of the molecule is N#Cc1ccc(Oc2nc(Cl)nc(N3CCCC3)n2)cc1. The van der Waals surface area contributed by atoms with Crippen LogP contribution in [0.3, 0.4) is 0 Å². The highest BCUT2D eigenvalue weighted by atomic mass is 35.5. The molecule has 2 heterocycles. The predicted octanol–water partition coefficient (Wildman–Crippen LogP) is 2.79. The maximum Gasteiger partial charge on any atom is 0.328 e. The van der Waals surface area contributed by atoms with E-state index in [0.717, 1.165) is 25.9 Å². The molecular weight excluding hydrogens is 290 g/mol. The Morgan fingerprint density at radius 3 is 2.48 bits per heavy atom. The molecule has 21 heavy (non-hydrogen) atoms. The first-order chi connectivity index (χ1) is 10.2. The second kappa shape index (κ2) is 5.94. The summed E-state index contributed by atoms with van der Waals surface area (Å²) in [6.45, 7) is 1.83.